The first-order valence-corrected chi connectivity index (χ1v) is 5.64. The first-order valence-electron chi connectivity index (χ1n) is 5.64. The van der Waals surface area contributed by atoms with Crippen molar-refractivity contribution in [3.8, 4) is 5.69 Å². The summed E-state index contributed by atoms with van der Waals surface area (Å²) in [5, 5.41) is 13.5. The minimum Gasteiger partial charge on any atom is -0.477 e. The van der Waals surface area contributed by atoms with E-state index in [0.29, 0.717) is 16.7 Å². The van der Waals surface area contributed by atoms with Crippen molar-refractivity contribution in [2.75, 3.05) is 5.73 Å². The van der Waals surface area contributed by atoms with Crippen molar-refractivity contribution in [2.24, 2.45) is 0 Å². The molecule has 0 bridgehead atoms. The Bertz CT molecular complexity index is 786. The number of aromatic carboxylic acids is 1. The Morgan fingerprint density at radius 2 is 2.21 bits per heavy atom. The van der Waals surface area contributed by atoms with E-state index >= 15 is 0 Å². The molecule has 3 aromatic rings. The second kappa shape index (κ2) is 3.88. The highest BCUT2D eigenvalue weighted by Crippen LogP contribution is 2.25. The molecule has 0 spiro atoms. The number of nitrogen functional groups attached to an aromatic ring is 1. The number of aryl methyl sites for hydroxylation is 1. The SMILES string of the molecule is Cc1cc(C(=O)O)n(-c2ccc3onc(N)c3c2)c1. The van der Waals surface area contributed by atoms with Crippen molar-refractivity contribution in [3.63, 3.8) is 0 Å². The third kappa shape index (κ3) is 1.74. The first kappa shape index (κ1) is 11.3. The van der Waals surface area contributed by atoms with Crippen LogP contribution in [0.3, 0.4) is 0 Å². The van der Waals surface area contributed by atoms with Crippen LogP contribution in [0, 0.1) is 6.92 Å². The maximum Gasteiger partial charge on any atom is 0.352 e. The molecule has 0 aliphatic heterocycles. The predicted molar refractivity (Wildman–Crippen MR) is 69.4 cm³/mol. The lowest BCUT2D eigenvalue weighted by Crippen LogP contribution is -2.05. The number of carboxylic acids is 1. The van der Waals surface area contributed by atoms with Crippen molar-refractivity contribution in [3.05, 3.63) is 41.7 Å². The van der Waals surface area contributed by atoms with Crippen LogP contribution in [0.15, 0.2) is 35.0 Å². The number of hydrogen-bond acceptors (Lipinski definition) is 4. The Balaban J connectivity index is 2.23. The van der Waals surface area contributed by atoms with E-state index in [4.69, 9.17) is 10.3 Å². The summed E-state index contributed by atoms with van der Waals surface area (Å²) < 4.78 is 6.62. The summed E-state index contributed by atoms with van der Waals surface area (Å²) in [4.78, 5) is 11.2. The molecule has 0 unspecified atom stereocenters. The summed E-state index contributed by atoms with van der Waals surface area (Å²) in [6.07, 6.45) is 1.76. The van der Waals surface area contributed by atoms with Crippen LogP contribution in [-0.4, -0.2) is 20.8 Å². The number of nitrogens with two attached hydrogens (primary N) is 1. The van der Waals surface area contributed by atoms with Gasteiger partial charge in [0.05, 0.1) is 5.39 Å². The molecule has 2 heterocycles. The Kier molecular flexibility index (Phi) is 2.31. The monoisotopic (exact) mass is 257 g/mol. The Labute approximate surface area is 108 Å². The number of aromatic nitrogens is 2. The molecule has 6 nitrogen and oxygen atoms in total. The summed E-state index contributed by atoms with van der Waals surface area (Å²) >= 11 is 0. The Morgan fingerprint density at radius 3 is 2.95 bits per heavy atom. The van der Waals surface area contributed by atoms with Gasteiger partial charge in [-0.25, -0.2) is 4.79 Å². The number of carbonyl (C=O) groups is 1. The Morgan fingerprint density at radius 1 is 1.42 bits per heavy atom. The zero-order valence-corrected chi connectivity index (χ0v) is 10.1. The van der Waals surface area contributed by atoms with Crippen LogP contribution >= 0.6 is 0 Å². The lowest BCUT2D eigenvalue weighted by atomic mass is 10.2. The molecule has 0 amide bonds. The lowest BCUT2D eigenvalue weighted by molar-refractivity contribution is 0.0688. The van der Waals surface area contributed by atoms with Gasteiger partial charge in [0.25, 0.3) is 0 Å². The second-order valence-electron chi connectivity index (χ2n) is 4.33. The van der Waals surface area contributed by atoms with Crippen LogP contribution in [0.4, 0.5) is 5.82 Å². The van der Waals surface area contributed by atoms with Gasteiger partial charge >= 0.3 is 5.97 Å². The van der Waals surface area contributed by atoms with E-state index < -0.39 is 5.97 Å². The number of anilines is 1. The van der Waals surface area contributed by atoms with E-state index in [1.807, 2.05) is 6.92 Å². The molecule has 0 atom stereocenters. The fourth-order valence-corrected chi connectivity index (χ4v) is 2.07. The smallest absolute Gasteiger partial charge is 0.352 e. The molecule has 0 saturated carbocycles. The van der Waals surface area contributed by atoms with Crippen molar-refractivity contribution < 1.29 is 14.4 Å². The third-order valence-corrected chi connectivity index (χ3v) is 2.94. The van der Waals surface area contributed by atoms with E-state index in [1.54, 1.807) is 35.0 Å². The van der Waals surface area contributed by atoms with Gasteiger partial charge in [-0.05, 0) is 36.8 Å². The van der Waals surface area contributed by atoms with Gasteiger partial charge in [0.15, 0.2) is 11.4 Å². The van der Waals surface area contributed by atoms with Crippen LogP contribution in [-0.2, 0) is 0 Å². The molecule has 3 rings (SSSR count). The standard InChI is InChI=1S/C13H11N3O3/c1-7-4-10(13(17)18)16(6-7)8-2-3-11-9(5-8)12(14)15-19-11/h2-6H,1H3,(H2,14,15)(H,17,18). The van der Waals surface area contributed by atoms with Crippen LogP contribution in [0.25, 0.3) is 16.7 Å². The topological polar surface area (TPSA) is 94.3 Å². The van der Waals surface area contributed by atoms with Gasteiger partial charge in [-0.3, -0.25) is 0 Å². The molecule has 0 fully saturated rings. The van der Waals surface area contributed by atoms with Gasteiger partial charge in [0, 0.05) is 11.9 Å². The van der Waals surface area contributed by atoms with Crippen LogP contribution in [0.2, 0.25) is 0 Å². The highest BCUT2D eigenvalue weighted by Gasteiger charge is 2.14. The molecule has 0 aliphatic carbocycles. The normalized spacial score (nSPS) is 11.0. The van der Waals surface area contributed by atoms with Crippen LogP contribution in [0.5, 0.6) is 0 Å². The van der Waals surface area contributed by atoms with Crippen molar-refractivity contribution >= 4 is 22.8 Å². The summed E-state index contributed by atoms with van der Waals surface area (Å²) in [7, 11) is 0. The fourth-order valence-electron chi connectivity index (χ4n) is 2.07. The highest BCUT2D eigenvalue weighted by atomic mass is 16.5. The molecular weight excluding hydrogens is 246 g/mol. The van der Waals surface area contributed by atoms with Crippen molar-refractivity contribution in [1.82, 2.24) is 9.72 Å². The van der Waals surface area contributed by atoms with E-state index in [0.717, 1.165) is 5.56 Å². The minimum atomic E-state index is -0.980. The van der Waals surface area contributed by atoms with Gasteiger partial charge in [-0.15, -0.1) is 0 Å². The zero-order valence-electron chi connectivity index (χ0n) is 10.1. The first-order chi connectivity index (χ1) is 9.06. The number of fused-ring (bicyclic) bond motifs is 1. The quantitative estimate of drug-likeness (QED) is 0.734. The zero-order chi connectivity index (χ0) is 13.6. The maximum atomic E-state index is 11.2. The third-order valence-electron chi connectivity index (χ3n) is 2.94. The molecule has 0 saturated heterocycles. The average molecular weight is 257 g/mol. The average Bonchev–Trinajstić information content (AvgIpc) is 2.93. The number of rotatable bonds is 2. The Hall–Kier alpha value is -2.76. The van der Waals surface area contributed by atoms with Crippen molar-refractivity contribution in [2.45, 2.75) is 6.92 Å². The summed E-state index contributed by atoms with van der Waals surface area (Å²) in [5.41, 5.74) is 8.04. The molecule has 2 aromatic heterocycles. The van der Waals surface area contributed by atoms with Gasteiger partial charge in [-0.2, -0.15) is 0 Å². The number of nitrogens with zero attached hydrogens (tertiary/aromatic N) is 2. The van der Waals surface area contributed by atoms with E-state index in [9.17, 15) is 9.90 Å². The van der Waals surface area contributed by atoms with Crippen molar-refractivity contribution in [1.29, 1.82) is 0 Å². The highest BCUT2D eigenvalue weighted by molar-refractivity contribution is 5.90. The fraction of sp³-hybridized carbons (Fsp3) is 0.0769. The van der Waals surface area contributed by atoms with E-state index in [2.05, 4.69) is 5.16 Å². The molecule has 19 heavy (non-hydrogen) atoms. The molecular formula is C13H11N3O3. The van der Waals surface area contributed by atoms with Gasteiger partial charge in [0.2, 0.25) is 0 Å². The maximum absolute atomic E-state index is 11.2. The van der Waals surface area contributed by atoms with Gasteiger partial charge in [0.1, 0.15) is 5.69 Å². The van der Waals surface area contributed by atoms with E-state index in [-0.39, 0.29) is 11.5 Å². The molecule has 0 aliphatic rings. The summed E-state index contributed by atoms with van der Waals surface area (Å²) in [6.45, 7) is 1.84. The number of hydrogen-bond donors (Lipinski definition) is 2. The van der Waals surface area contributed by atoms with Crippen LogP contribution in [0.1, 0.15) is 16.1 Å². The number of carboxylic acid groups (broad SMARTS) is 1. The number of benzene rings is 1. The van der Waals surface area contributed by atoms with Gasteiger partial charge in [-0.1, -0.05) is 5.16 Å². The van der Waals surface area contributed by atoms with Gasteiger partial charge < -0.3 is 19.9 Å². The predicted octanol–water partition coefficient (Wildman–Crippen LogP) is 2.21. The lowest BCUT2D eigenvalue weighted by Gasteiger charge is -2.05. The molecule has 3 N–H and O–H groups in total. The largest absolute Gasteiger partial charge is 0.477 e. The molecule has 1 aromatic carbocycles. The molecule has 0 radical (unpaired) electrons. The molecule has 96 valence electrons. The molecule has 6 heteroatoms. The summed E-state index contributed by atoms with van der Waals surface area (Å²) in [5.74, 6) is -0.691. The van der Waals surface area contributed by atoms with E-state index in [1.165, 1.54) is 0 Å². The van der Waals surface area contributed by atoms with Crippen LogP contribution < -0.4 is 5.73 Å². The summed E-state index contributed by atoms with van der Waals surface area (Å²) in [6, 6.07) is 6.85. The second-order valence-corrected chi connectivity index (χ2v) is 4.33. The minimum absolute atomic E-state index is 0.201.